The van der Waals surface area contributed by atoms with Crippen LogP contribution < -0.4 is 4.74 Å². The Hall–Kier alpha value is -2.51. The first-order valence-corrected chi connectivity index (χ1v) is 13.1. The van der Waals surface area contributed by atoms with Crippen molar-refractivity contribution in [2.75, 3.05) is 12.4 Å². The number of aliphatic hydroxyl groups excluding tert-OH is 1. The van der Waals surface area contributed by atoms with Crippen molar-refractivity contribution >= 4 is 29.3 Å². The van der Waals surface area contributed by atoms with Crippen molar-refractivity contribution < 1.29 is 24.5 Å². The Balaban J connectivity index is 1.41. The predicted octanol–water partition coefficient (Wildman–Crippen LogP) is 6.40. The lowest BCUT2D eigenvalue weighted by atomic mass is 9.94. The summed E-state index contributed by atoms with van der Waals surface area (Å²) < 4.78 is 11.9. The number of hydrogen-bond donors (Lipinski definition) is 2. The fourth-order valence-corrected chi connectivity index (χ4v) is 5.32. The zero-order chi connectivity index (χ0) is 24.8. The minimum Gasteiger partial charge on any atom is -0.494 e. The lowest BCUT2D eigenvalue weighted by Crippen LogP contribution is -2.32. The SMILES string of the molecule is CCOc1ccc(Cc2cc(C3CC(O)CC(CSc4ccc(C(=O)O)cc4)O3)ccc2Cl)cc1. The molecule has 0 spiro atoms. The summed E-state index contributed by atoms with van der Waals surface area (Å²) >= 11 is 8.11. The molecule has 0 saturated carbocycles. The standard InChI is InChI=1S/C28H29ClO5S/c1-2-33-23-8-3-18(4-9-23)13-21-14-20(7-12-26(21)29)27-16-22(30)15-24(34-27)17-35-25-10-5-19(6-11-25)28(31)32/h3-12,14,22,24,27,30H,2,13,15-17H2,1H3,(H,31,32). The molecule has 184 valence electrons. The number of carboxylic acids is 1. The van der Waals surface area contributed by atoms with Crippen molar-refractivity contribution in [3.8, 4) is 5.75 Å². The van der Waals surface area contributed by atoms with Crippen molar-refractivity contribution in [1.82, 2.24) is 0 Å². The number of carbonyl (C=O) groups is 1. The number of hydrogen-bond acceptors (Lipinski definition) is 5. The van der Waals surface area contributed by atoms with Gasteiger partial charge in [0.15, 0.2) is 0 Å². The van der Waals surface area contributed by atoms with E-state index < -0.39 is 12.1 Å². The Kier molecular flexibility index (Phi) is 8.74. The van der Waals surface area contributed by atoms with Gasteiger partial charge in [-0.3, -0.25) is 0 Å². The number of aromatic carboxylic acids is 1. The van der Waals surface area contributed by atoms with Gasteiger partial charge in [-0.25, -0.2) is 4.79 Å². The quantitative estimate of drug-likeness (QED) is 0.323. The van der Waals surface area contributed by atoms with Gasteiger partial charge >= 0.3 is 5.97 Å². The molecule has 0 aliphatic carbocycles. The first-order valence-electron chi connectivity index (χ1n) is 11.7. The van der Waals surface area contributed by atoms with E-state index in [0.717, 1.165) is 27.3 Å². The molecule has 1 aliphatic heterocycles. The van der Waals surface area contributed by atoms with E-state index in [1.807, 2.05) is 43.3 Å². The fraction of sp³-hybridized carbons (Fsp3) is 0.321. The average Bonchev–Trinajstić information content (AvgIpc) is 2.85. The number of rotatable bonds is 9. The second-order valence-electron chi connectivity index (χ2n) is 8.62. The molecule has 1 saturated heterocycles. The molecule has 7 heteroatoms. The smallest absolute Gasteiger partial charge is 0.335 e. The van der Waals surface area contributed by atoms with Crippen LogP contribution in [-0.4, -0.2) is 40.8 Å². The molecule has 0 bridgehead atoms. The third-order valence-electron chi connectivity index (χ3n) is 5.99. The Bertz CT molecular complexity index is 1130. The van der Waals surface area contributed by atoms with E-state index >= 15 is 0 Å². The molecule has 3 aromatic rings. The van der Waals surface area contributed by atoms with Crippen LogP contribution in [0.3, 0.4) is 0 Å². The van der Waals surface area contributed by atoms with E-state index in [0.29, 0.717) is 36.6 Å². The normalized spacial score (nSPS) is 19.9. The molecule has 1 aliphatic rings. The van der Waals surface area contributed by atoms with Gasteiger partial charge in [0.2, 0.25) is 0 Å². The van der Waals surface area contributed by atoms with Crippen LogP contribution in [0.4, 0.5) is 0 Å². The van der Waals surface area contributed by atoms with Crippen molar-refractivity contribution in [3.63, 3.8) is 0 Å². The summed E-state index contributed by atoms with van der Waals surface area (Å²) in [5.41, 5.74) is 3.43. The molecule has 3 atom stereocenters. The lowest BCUT2D eigenvalue weighted by Gasteiger charge is -2.33. The summed E-state index contributed by atoms with van der Waals surface area (Å²) in [6, 6.07) is 20.8. The van der Waals surface area contributed by atoms with Gasteiger partial charge in [0.1, 0.15) is 5.75 Å². The summed E-state index contributed by atoms with van der Waals surface area (Å²) in [4.78, 5) is 12.0. The van der Waals surface area contributed by atoms with E-state index in [9.17, 15) is 9.90 Å². The lowest BCUT2D eigenvalue weighted by molar-refractivity contribution is -0.0875. The van der Waals surface area contributed by atoms with Gasteiger partial charge in [-0.2, -0.15) is 0 Å². The molecule has 0 radical (unpaired) electrons. The molecule has 3 aromatic carbocycles. The fourth-order valence-electron chi connectivity index (χ4n) is 4.22. The zero-order valence-corrected chi connectivity index (χ0v) is 21.1. The number of aliphatic hydroxyl groups is 1. The van der Waals surface area contributed by atoms with Gasteiger partial charge < -0.3 is 19.7 Å². The molecule has 3 unspecified atom stereocenters. The highest BCUT2D eigenvalue weighted by Gasteiger charge is 2.29. The van der Waals surface area contributed by atoms with Gasteiger partial charge in [-0.15, -0.1) is 11.8 Å². The highest BCUT2D eigenvalue weighted by molar-refractivity contribution is 7.99. The van der Waals surface area contributed by atoms with Crippen molar-refractivity contribution in [1.29, 1.82) is 0 Å². The molecule has 2 N–H and O–H groups in total. The number of carboxylic acid groups (broad SMARTS) is 1. The van der Waals surface area contributed by atoms with Crippen molar-refractivity contribution in [2.24, 2.45) is 0 Å². The maximum absolute atomic E-state index is 11.0. The third-order valence-corrected chi connectivity index (χ3v) is 7.50. The van der Waals surface area contributed by atoms with E-state index in [-0.39, 0.29) is 17.8 Å². The zero-order valence-electron chi connectivity index (χ0n) is 19.5. The second-order valence-corrected chi connectivity index (χ2v) is 10.1. The first kappa shape index (κ1) is 25.6. The number of halogens is 1. The minimum absolute atomic E-state index is 0.113. The van der Waals surface area contributed by atoms with Crippen LogP contribution in [0, 0.1) is 0 Å². The van der Waals surface area contributed by atoms with E-state index in [1.54, 1.807) is 36.0 Å². The molecule has 1 heterocycles. The summed E-state index contributed by atoms with van der Waals surface area (Å²) in [5, 5.41) is 20.3. The molecule has 0 amide bonds. The van der Waals surface area contributed by atoms with Crippen LogP contribution in [0.15, 0.2) is 71.6 Å². The minimum atomic E-state index is -0.937. The maximum Gasteiger partial charge on any atom is 0.335 e. The first-order chi connectivity index (χ1) is 16.9. The van der Waals surface area contributed by atoms with E-state index in [1.165, 1.54) is 0 Å². The van der Waals surface area contributed by atoms with Crippen LogP contribution in [0.2, 0.25) is 5.02 Å². The molecular weight excluding hydrogens is 484 g/mol. The molecule has 4 rings (SSSR count). The summed E-state index contributed by atoms with van der Waals surface area (Å²) in [5.74, 6) is 0.586. The van der Waals surface area contributed by atoms with Crippen molar-refractivity contribution in [2.45, 2.75) is 49.4 Å². The van der Waals surface area contributed by atoms with E-state index in [2.05, 4.69) is 6.07 Å². The highest BCUT2D eigenvalue weighted by Crippen LogP contribution is 2.35. The molecule has 0 aromatic heterocycles. The molecule has 1 fully saturated rings. The number of ether oxygens (including phenoxy) is 2. The van der Waals surface area contributed by atoms with Gasteiger partial charge in [-0.05, 0) is 72.5 Å². The van der Waals surface area contributed by atoms with Crippen molar-refractivity contribution in [3.05, 3.63) is 94.0 Å². The number of benzene rings is 3. The van der Waals surface area contributed by atoms with Crippen LogP contribution >= 0.6 is 23.4 Å². The molecule has 35 heavy (non-hydrogen) atoms. The van der Waals surface area contributed by atoms with E-state index in [4.69, 9.17) is 26.2 Å². The molecule has 5 nitrogen and oxygen atoms in total. The van der Waals surface area contributed by atoms with Crippen LogP contribution in [0.5, 0.6) is 5.75 Å². The second kappa shape index (κ2) is 12.0. The maximum atomic E-state index is 11.0. The van der Waals surface area contributed by atoms with Crippen LogP contribution in [0.1, 0.15) is 52.9 Å². The Morgan fingerprint density at radius 2 is 1.83 bits per heavy atom. The Morgan fingerprint density at radius 3 is 2.51 bits per heavy atom. The third kappa shape index (κ3) is 7.01. The van der Waals surface area contributed by atoms with Gasteiger partial charge in [0, 0.05) is 28.5 Å². The van der Waals surface area contributed by atoms with Gasteiger partial charge in [0.05, 0.1) is 30.5 Å². The van der Waals surface area contributed by atoms with Gasteiger partial charge in [-0.1, -0.05) is 35.9 Å². The molecular formula is C28H29ClO5S. The Labute approximate surface area is 215 Å². The largest absolute Gasteiger partial charge is 0.494 e. The summed E-state index contributed by atoms with van der Waals surface area (Å²) in [6.07, 6.45) is 1.04. The predicted molar refractivity (Wildman–Crippen MR) is 139 cm³/mol. The van der Waals surface area contributed by atoms with Gasteiger partial charge in [0.25, 0.3) is 0 Å². The average molecular weight is 513 g/mol. The topological polar surface area (TPSA) is 76.0 Å². The summed E-state index contributed by atoms with van der Waals surface area (Å²) in [7, 11) is 0. The Morgan fingerprint density at radius 1 is 1.09 bits per heavy atom. The number of thioether (sulfide) groups is 1. The van der Waals surface area contributed by atoms with Crippen LogP contribution in [0.25, 0.3) is 0 Å². The van der Waals surface area contributed by atoms with Crippen LogP contribution in [-0.2, 0) is 11.2 Å². The highest BCUT2D eigenvalue weighted by atomic mass is 35.5. The summed E-state index contributed by atoms with van der Waals surface area (Å²) in [6.45, 7) is 2.60. The monoisotopic (exact) mass is 512 g/mol.